The molecule has 0 bridgehead atoms. The molecule has 0 fully saturated rings. The number of rotatable bonds is 1. The molecule has 0 aliphatic carbocycles. The van der Waals surface area contributed by atoms with Crippen LogP contribution in [0.15, 0.2) is 9.62 Å². The summed E-state index contributed by atoms with van der Waals surface area (Å²) in [4.78, 5) is 0. The van der Waals surface area contributed by atoms with Crippen LogP contribution >= 0.6 is 11.8 Å². The molecule has 0 radical (unpaired) electrons. The first-order valence-electron chi connectivity index (χ1n) is 3.14. The van der Waals surface area contributed by atoms with Crippen molar-refractivity contribution in [2.45, 2.75) is 18.2 Å². The van der Waals surface area contributed by atoms with Crippen molar-refractivity contribution in [3.05, 3.63) is 11.3 Å². The van der Waals surface area contributed by atoms with E-state index in [2.05, 4.69) is 10.5 Å². The zero-order valence-corrected chi connectivity index (χ0v) is 6.49. The van der Waals surface area contributed by atoms with Crippen molar-refractivity contribution in [3.8, 4) is 0 Å². The summed E-state index contributed by atoms with van der Waals surface area (Å²) in [7, 11) is 0. The predicted octanol–water partition coefficient (Wildman–Crippen LogP) is 1.000. The highest BCUT2D eigenvalue weighted by atomic mass is 32.2. The lowest BCUT2D eigenvalue weighted by Gasteiger charge is -1.89. The zero-order chi connectivity index (χ0) is 6.97. The standard InChI is InChI=1S/C6H8N2OS/c1-10-6-4-2-7-3-5(4)8-9-6/h7H,2-3H2,1H3. The molecule has 4 heteroatoms. The van der Waals surface area contributed by atoms with Crippen LogP contribution in [-0.2, 0) is 13.1 Å². The highest BCUT2D eigenvalue weighted by Crippen LogP contribution is 2.25. The van der Waals surface area contributed by atoms with Crippen LogP contribution in [0, 0.1) is 0 Å². The van der Waals surface area contributed by atoms with Crippen molar-refractivity contribution in [1.29, 1.82) is 0 Å². The van der Waals surface area contributed by atoms with Gasteiger partial charge in [0.2, 0.25) is 0 Å². The molecule has 3 nitrogen and oxygen atoms in total. The topological polar surface area (TPSA) is 38.1 Å². The van der Waals surface area contributed by atoms with Crippen LogP contribution < -0.4 is 5.32 Å². The van der Waals surface area contributed by atoms with Gasteiger partial charge in [0.15, 0.2) is 5.09 Å². The number of thioether (sulfide) groups is 1. The van der Waals surface area contributed by atoms with Crippen LogP contribution in [-0.4, -0.2) is 11.4 Å². The summed E-state index contributed by atoms with van der Waals surface area (Å²) in [5.41, 5.74) is 2.32. The van der Waals surface area contributed by atoms with E-state index >= 15 is 0 Å². The molecule has 0 aromatic carbocycles. The van der Waals surface area contributed by atoms with Gasteiger partial charge in [-0.25, -0.2) is 0 Å². The average Bonchev–Trinajstić information content (AvgIpc) is 2.44. The summed E-state index contributed by atoms with van der Waals surface area (Å²) >= 11 is 1.61. The van der Waals surface area contributed by atoms with Crippen molar-refractivity contribution in [3.63, 3.8) is 0 Å². The van der Waals surface area contributed by atoms with Crippen LogP contribution in [0.3, 0.4) is 0 Å². The molecular weight excluding hydrogens is 148 g/mol. The molecule has 1 aromatic heterocycles. The summed E-state index contributed by atoms with van der Waals surface area (Å²) in [5, 5.41) is 8.07. The number of hydrogen-bond acceptors (Lipinski definition) is 4. The maximum absolute atomic E-state index is 5.06. The Balaban J connectivity index is 2.44. The maximum Gasteiger partial charge on any atom is 0.197 e. The van der Waals surface area contributed by atoms with Gasteiger partial charge in [-0.1, -0.05) is 16.9 Å². The third-order valence-corrected chi connectivity index (χ3v) is 2.30. The van der Waals surface area contributed by atoms with E-state index in [0.29, 0.717) is 0 Å². The van der Waals surface area contributed by atoms with Crippen molar-refractivity contribution >= 4 is 11.8 Å². The molecule has 1 N–H and O–H groups in total. The molecule has 1 aliphatic heterocycles. The van der Waals surface area contributed by atoms with Gasteiger partial charge in [-0.2, -0.15) is 0 Å². The van der Waals surface area contributed by atoms with Crippen LogP contribution in [0.2, 0.25) is 0 Å². The molecule has 54 valence electrons. The lowest BCUT2D eigenvalue weighted by molar-refractivity contribution is 0.337. The van der Waals surface area contributed by atoms with Gasteiger partial charge in [0, 0.05) is 18.7 Å². The Hall–Kier alpha value is -0.480. The Morgan fingerprint density at radius 2 is 2.50 bits per heavy atom. The van der Waals surface area contributed by atoms with Gasteiger partial charge in [-0.15, -0.1) is 0 Å². The van der Waals surface area contributed by atoms with Gasteiger partial charge < -0.3 is 9.84 Å². The molecule has 2 heterocycles. The van der Waals surface area contributed by atoms with Crippen molar-refractivity contribution in [1.82, 2.24) is 10.5 Å². The number of nitrogens with zero attached hydrogens (tertiary/aromatic N) is 1. The monoisotopic (exact) mass is 156 g/mol. The molecule has 0 atom stereocenters. The van der Waals surface area contributed by atoms with Crippen LogP contribution in [0.5, 0.6) is 0 Å². The summed E-state index contributed by atoms with van der Waals surface area (Å²) in [6, 6.07) is 0. The van der Waals surface area contributed by atoms with E-state index in [1.807, 2.05) is 6.26 Å². The van der Waals surface area contributed by atoms with Crippen molar-refractivity contribution in [2.24, 2.45) is 0 Å². The Morgan fingerprint density at radius 3 is 3.30 bits per heavy atom. The predicted molar refractivity (Wildman–Crippen MR) is 38.8 cm³/mol. The molecule has 1 aromatic rings. The first kappa shape index (κ1) is 6.24. The van der Waals surface area contributed by atoms with Gasteiger partial charge >= 0.3 is 0 Å². The fourth-order valence-corrected chi connectivity index (χ4v) is 1.65. The minimum atomic E-state index is 0.861. The Labute approximate surface area is 63.2 Å². The SMILES string of the molecule is CSc1onc2c1CNC2. The summed E-state index contributed by atoms with van der Waals surface area (Å²) in [6.45, 7) is 1.77. The van der Waals surface area contributed by atoms with Crippen LogP contribution in [0.4, 0.5) is 0 Å². The fourth-order valence-electron chi connectivity index (χ4n) is 1.10. The lowest BCUT2D eigenvalue weighted by Crippen LogP contribution is -2.01. The van der Waals surface area contributed by atoms with E-state index in [1.54, 1.807) is 11.8 Å². The van der Waals surface area contributed by atoms with Crippen molar-refractivity contribution < 1.29 is 4.52 Å². The number of fused-ring (bicyclic) bond motifs is 1. The lowest BCUT2D eigenvalue weighted by atomic mass is 10.3. The second-order valence-corrected chi connectivity index (χ2v) is 2.98. The molecule has 2 rings (SSSR count). The van der Waals surface area contributed by atoms with Gasteiger partial charge in [-0.05, 0) is 6.26 Å². The fraction of sp³-hybridized carbons (Fsp3) is 0.500. The molecule has 0 spiro atoms. The largest absolute Gasteiger partial charge is 0.349 e. The first-order valence-corrected chi connectivity index (χ1v) is 4.36. The number of hydrogen-bond donors (Lipinski definition) is 1. The molecule has 10 heavy (non-hydrogen) atoms. The van der Waals surface area contributed by atoms with Gasteiger partial charge in [-0.3, -0.25) is 0 Å². The summed E-state index contributed by atoms with van der Waals surface area (Å²) < 4.78 is 5.06. The normalized spacial score (nSPS) is 15.7. The van der Waals surface area contributed by atoms with E-state index in [1.165, 1.54) is 5.56 Å². The van der Waals surface area contributed by atoms with E-state index in [9.17, 15) is 0 Å². The second-order valence-electron chi connectivity index (χ2n) is 2.20. The Kier molecular flexibility index (Phi) is 1.43. The number of aromatic nitrogens is 1. The highest BCUT2D eigenvalue weighted by molar-refractivity contribution is 7.98. The second kappa shape index (κ2) is 2.29. The zero-order valence-electron chi connectivity index (χ0n) is 5.68. The van der Waals surface area contributed by atoms with Gasteiger partial charge in [0.25, 0.3) is 0 Å². The summed E-state index contributed by atoms with van der Waals surface area (Å²) in [5.74, 6) is 0. The van der Waals surface area contributed by atoms with E-state index in [-0.39, 0.29) is 0 Å². The quantitative estimate of drug-likeness (QED) is 0.615. The molecule has 0 unspecified atom stereocenters. The van der Waals surface area contributed by atoms with Crippen LogP contribution in [0.25, 0.3) is 0 Å². The molecular formula is C6H8N2OS. The first-order chi connectivity index (χ1) is 4.92. The molecule has 0 amide bonds. The van der Waals surface area contributed by atoms with Crippen LogP contribution in [0.1, 0.15) is 11.3 Å². The average molecular weight is 156 g/mol. The minimum absolute atomic E-state index is 0.861. The van der Waals surface area contributed by atoms with E-state index < -0.39 is 0 Å². The molecule has 1 aliphatic rings. The Bertz CT molecular complexity index is 246. The number of nitrogens with one attached hydrogen (secondary N) is 1. The maximum atomic E-state index is 5.06. The van der Waals surface area contributed by atoms with Crippen molar-refractivity contribution in [2.75, 3.05) is 6.26 Å². The summed E-state index contributed by atoms with van der Waals surface area (Å²) in [6.07, 6.45) is 2.00. The molecule has 0 saturated heterocycles. The van der Waals surface area contributed by atoms with Gasteiger partial charge in [0.1, 0.15) is 5.69 Å². The third-order valence-electron chi connectivity index (χ3n) is 1.61. The third kappa shape index (κ3) is 0.759. The molecule has 0 saturated carbocycles. The minimum Gasteiger partial charge on any atom is -0.349 e. The highest BCUT2D eigenvalue weighted by Gasteiger charge is 2.19. The Morgan fingerprint density at radius 1 is 1.60 bits per heavy atom. The van der Waals surface area contributed by atoms with Gasteiger partial charge in [0.05, 0.1) is 0 Å². The van der Waals surface area contributed by atoms with E-state index in [0.717, 1.165) is 23.9 Å². The van der Waals surface area contributed by atoms with E-state index in [4.69, 9.17) is 4.52 Å². The smallest absolute Gasteiger partial charge is 0.197 e.